The minimum Gasteiger partial charge on any atom is -0.342 e. The average molecular weight is 322 g/mol. The molecule has 1 fully saturated rings. The van der Waals surface area contributed by atoms with Crippen molar-refractivity contribution in [2.45, 2.75) is 37.5 Å². The van der Waals surface area contributed by atoms with Crippen molar-refractivity contribution in [1.29, 1.82) is 0 Å². The van der Waals surface area contributed by atoms with Crippen LogP contribution in [0.5, 0.6) is 0 Å². The van der Waals surface area contributed by atoms with Gasteiger partial charge in [0.15, 0.2) is 12.4 Å². The van der Waals surface area contributed by atoms with Crippen molar-refractivity contribution in [2.75, 3.05) is 0 Å². The first-order valence-corrected chi connectivity index (χ1v) is 7.50. The van der Waals surface area contributed by atoms with Gasteiger partial charge in [-0.2, -0.15) is 13.2 Å². The highest BCUT2D eigenvalue weighted by Gasteiger charge is 2.52. The number of aryl methyl sites for hydroxylation is 1. The van der Waals surface area contributed by atoms with Crippen LogP contribution in [-0.2, 0) is 15.9 Å². The van der Waals surface area contributed by atoms with Crippen LogP contribution < -0.4 is 0 Å². The average Bonchev–Trinajstić information content (AvgIpc) is 2.99. The number of rotatable bonds is 4. The predicted molar refractivity (Wildman–Crippen MR) is 79.7 cm³/mol. The molecule has 0 amide bonds. The largest absolute Gasteiger partial charge is 0.417 e. The Balaban J connectivity index is 1.70. The predicted octanol–water partition coefficient (Wildman–Crippen LogP) is 4.66. The molecule has 1 saturated heterocycles. The summed E-state index contributed by atoms with van der Waals surface area (Å²) in [5.41, 5.74) is 1.53. The number of ether oxygens (including phenoxy) is 2. The molecular weight excluding hydrogens is 305 g/mol. The Morgan fingerprint density at radius 3 is 2.04 bits per heavy atom. The minimum atomic E-state index is -4.46. The molecule has 2 aromatic rings. The molecule has 0 aromatic heterocycles. The normalized spacial score (nSPS) is 24.7. The van der Waals surface area contributed by atoms with E-state index in [1.807, 2.05) is 30.3 Å². The topological polar surface area (TPSA) is 18.5 Å². The van der Waals surface area contributed by atoms with E-state index in [4.69, 9.17) is 9.47 Å². The van der Waals surface area contributed by atoms with Crippen LogP contribution in [-0.4, -0.2) is 18.6 Å². The Kier molecular flexibility index (Phi) is 4.68. The molecule has 2 aromatic carbocycles. The maximum absolute atomic E-state index is 13.2. The molecule has 122 valence electrons. The quantitative estimate of drug-likeness (QED) is 0.815. The van der Waals surface area contributed by atoms with Gasteiger partial charge >= 0.3 is 6.18 Å². The summed E-state index contributed by atoms with van der Waals surface area (Å²) < 4.78 is 50.4. The fraction of sp³-hybridized carbons (Fsp3) is 0.333. The fourth-order valence-corrected chi connectivity index (χ4v) is 2.71. The zero-order chi connectivity index (χ0) is 16.3. The van der Waals surface area contributed by atoms with Crippen molar-refractivity contribution in [1.82, 2.24) is 0 Å². The SMILES string of the molecule is FC(F)(F)[C@H]1O[C@@H](CCc2ccccc2)O[C@H]1c1ccccc1. The van der Waals surface area contributed by atoms with E-state index in [-0.39, 0.29) is 0 Å². The molecule has 1 aliphatic heterocycles. The summed E-state index contributed by atoms with van der Waals surface area (Å²) >= 11 is 0. The van der Waals surface area contributed by atoms with Gasteiger partial charge in [0.1, 0.15) is 6.10 Å². The first-order chi connectivity index (χ1) is 11.0. The van der Waals surface area contributed by atoms with E-state index in [1.165, 1.54) is 0 Å². The number of halogens is 3. The van der Waals surface area contributed by atoms with Gasteiger partial charge in [-0.25, -0.2) is 0 Å². The molecule has 1 heterocycles. The summed E-state index contributed by atoms with van der Waals surface area (Å²) in [4.78, 5) is 0. The van der Waals surface area contributed by atoms with Gasteiger partial charge in [0.2, 0.25) is 0 Å². The lowest BCUT2D eigenvalue weighted by Gasteiger charge is -2.19. The van der Waals surface area contributed by atoms with Crippen LogP contribution in [0.15, 0.2) is 60.7 Å². The van der Waals surface area contributed by atoms with Crippen molar-refractivity contribution in [3.8, 4) is 0 Å². The van der Waals surface area contributed by atoms with Crippen molar-refractivity contribution in [3.05, 3.63) is 71.8 Å². The molecule has 0 radical (unpaired) electrons. The lowest BCUT2D eigenvalue weighted by atomic mass is 10.0. The van der Waals surface area contributed by atoms with Gasteiger partial charge in [-0.05, 0) is 17.5 Å². The Bertz CT molecular complexity index is 613. The third kappa shape index (κ3) is 3.92. The Hall–Kier alpha value is -1.85. The van der Waals surface area contributed by atoms with E-state index in [0.717, 1.165) is 5.56 Å². The summed E-state index contributed by atoms with van der Waals surface area (Å²) in [6.07, 6.45) is -7.35. The van der Waals surface area contributed by atoms with Crippen molar-refractivity contribution in [3.63, 3.8) is 0 Å². The molecular formula is C18H17F3O2. The number of hydrogen-bond donors (Lipinski definition) is 0. The molecule has 23 heavy (non-hydrogen) atoms. The van der Waals surface area contributed by atoms with E-state index in [9.17, 15) is 13.2 Å². The van der Waals surface area contributed by atoms with Crippen LogP contribution in [0.3, 0.4) is 0 Å². The van der Waals surface area contributed by atoms with Crippen molar-refractivity contribution in [2.24, 2.45) is 0 Å². The van der Waals surface area contributed by atoms with Gasteiger partial charge in [0.25, 0.3) is 0 Å². The molecule has 5 heteroatoms. The molecule has 0 bridgehead atoms. The third-order valence-corrected chi connectivity index (χ3v) is 3.83. The minimum absolute atomic E-state index is 0.389. The van der Waals surface area contributed by atoms with E-state index >= 15 is 0 Å². The number of benzene rings is 2. The van der Waals surface area contributed by atoms with Gasteiger partial charge < -0.3 is 9.47 Å². The number of alkyl halides is 3. The molecule has 0 unspecified atom stereocenters. The summed E-state index contributed by atoms with van der Waals surface area (Å²) in [6, 6.07) is 18.0. The van der Waals surface area contributed by atoms with Crippen LogP contribution >= 0.6 is 0 Å². The van der Waals surface area contributed by atoms with E-state index in [0.29, 0.717) is 18.4 Å². The third-order valence-electron chi connectivity index (χ3n) is 3.83. The summed E-state index contributed by atoms with van der Waals surface area (Å²) in [6.45, 7) is 0. The second kappa shape index (κ2) is 6.72. The van der Waals surface area contributed by atoms with E-state index in [2.05, 4.69) is 0 Å². The molecule has 0 N–H and O–H groups in total. The second-order valence-corrected chi connectivity index (χ2v) is 5.52. The molecule has 0 spiro atoms. The highest BCUT2D eigenvalue weighted by atomic mass is 19.4. The van der Waals surface area contributed by atoms with Crippen LogP contribution in [0.1, 0.15) is 23.7 Å². The number of hydrogen-bond acceptors (Lipinski definition) is 2. The van der Waals surface area contributed by atoms with Crippen LogP contribution in [0.2, 0.25) is 0 Å². The van der Waals surface area contributed by atoms with Gasteiger partial charge in [-0.15, -0.1) is 0 Å². The van der Waals surface area contributed by atoms with Gasteiger partial charge in [0, 0.05) is 6.42 Å². The van der Waals surface area contributed by atoms with Gasteiger partial charge in [-0.1, -0.05) is 60.7 Å². The summed E-state index contributed by atoms with van der Waals surface area (Å²) in [5.74, 6) is 0. The molecule has 0 aliphatic carbocycles. The monoisotopic (exact) mass is 322 g/mol. The molecule has 3 rings (SSSR count). The fourth-order valence-electron chi connectivity index (χ4n) is 2.71. The second-order valence-electron chi connectivity index (χ2n) is 5.52. The summed E-state index contributed by atoms with van der Waals surface area (Å²) in [7, 11) is 0. The molecule has 1 aliphatic rings. The smallest absolute Gasteiger partial charge is 0.342 e. The highest BCUT2D eigenvalue weighted by molar-refractivity contribution is 5.20. The molecule has 2 nitrogen and oxygen atoms in total. The lowest BCUT2D eigenvalue weighted by molar-refractivity contribution is -0.219. The first kappa shape index (κ1) is 16.0. The Morgan fingerprint density at radius 2 is 1.43 bits per heavy atom. The first-order valence-electron chi connectivity index (χ1n) is 7.50. The van der Waals surface area contributed by atoms with Crippen LogP contribution in [0.4, 0.5) is 13.2 Å². The lowest BCUT2D eigenvalue weighted by Crippen LogP contribution is -2.33. The van der Waals surface area contributed by atoms with E-state index in [1.54, 1.807) is 30.3 Å². The van der Waals surface area contributed by atoms with Crippen LogP contribution in [0, 0.1) is 0 Å². The molecule has 3 atom stereocenters. The van der Waals surface area contributed by atoms with E-state index < -0.39 is 24.7 Å². The van der Waals surface area contributed by atoms with Gasteiger partial charge in [0.05, 0.1) is 0 Å². The van der Waals surface area contributed by atoms with Crippen molar-refractivity contribution >= 4 is 0 Å². The van der Waals surface area contributed by atoms with Crippen LogP contribution in [0.25, 0.3) is 0 Å². The Labute approximate surface area is 132 Å². The van der Waals surface area contributed by atoms with Crippen molar-refractivity contribution < 1.29 is 22.6 Å². The zero-order valence-electron chi connectivity index (χ0n) is 12.4. The molecule has 0 saturated carbocycles. The maximum Gasteiger partial charge on any atom is 0.417 e. The summed E-state index contributed by atoms with van der Waals surface area (Å²) in [5, 5.41) is 0. The maximum atomic E-state index is 13.2. The zero-order valence-corrected chi connectivity index (χ0v) is 12.4. The van der Waals surface area contributed by atoms with Gasteiger partial charge in [-0.3, -0.25) is 0 Å². The standard InChI is InChI=1S/C18H17F3O2/c19-18(20,21)17-16(14-9-5-2-6-10-14)22-15(23-17)12-11-13-7-3-1-4-8-13/h1-10,15-17H,11-12H2/t15-,16-,17-/m0/s1. The Morgan fingerprint density at radius 1 is 0.826 bits per heavy atom. The highest BCUT2D eigenvalue weighted by Crippen LogP contribution is 2.42.